The maximum atomic E-state index is 5.67. The highest BCUT2D eigenvalue weighted by atomic mass is 32.1. The molecule has 1 aliphatic rings. The van der Waals surface area contributed by atoms with E-state index in [0.717, 1.165) is 24.6 Å². The molecule has 1 saturated heterocycles. The first kappa shape index (κ1) is 15.6. The Balaban J connectivity index is 1.59. The minimum atomic E-state index is 0.672. The van der Waals surface area contributed by atoms with Crippen molar-refractivity contribution in [2.24, 2.45) is 0 Å². The molecule has 1 fully saturated rings. The standard InChI is InChI=1S/C13H24N4O2S/c1-18-9-5-14-11-12-15-16-13(20-12)19-10-8-17-6-3-2-4-7-17/h14H,2-11H2,1H3. The van der Waals surface area contributed by atoms with Crippen molar-refractivity contribution in [1.82, 2.24) is 20.4 Å². The Morgan fingerprint density at radius 2 is 2.05 bits per heavy atom. The van der Waals surface area contributed by atoms with E-state index in [1.165, 1.54) is 43.7 Å². The first-order valence-electron chi connectivity index (χ1n) is 7.25. The Morgan fingerprint density at radius 1 is 1.20 bits per heavy atom. The Morgan fingerprint density at radius 3 is 2.85 bits per heavy atom. The minimum absolute atomic E-state index is 0.672. The lowest BCUT2D eigenvalue weighted by molar-refractivity contribution is 0.182. The molecule has 1 aromatic rings. The van der Waals surface area contributed by atoms with Gasteiger partial charge in [0.15, 0.2) is 0 Å². The predicted molar refractivity (Wildman–Crippen MR) is 79.3 cm³/mol. The first-order chi connectivity index (χ1) is 9.88. The van der Waals surface area contributed by atoms with Crippen molar-refractivity contribution < 1.29 is 9.47 Å². The molecule has 2 rings (SSSR count). The van der Waals surface area contributed by atoms with Crippen molar-refractivity contribution in [2.75, 3.05) is 46.5 Å². The summed E-state index contributed by atoms with van der Waals surface area (Å²) in [6, 6.07) is 0. The molecule has 0 saturated carbocycles. The molecule has 0 unspecified atom stereocenters. The van der Waals surface area contributed by atoms with Gasteiger partial charge in [0.2, 0.25) is 0 Å². The molecule has 1 aliphatic heterocycles. The topological polar surface area (TPSA) is 59.5 Å². The summed E-state index contributed by atoms with van der Waals surface area (Å²) in [5.74, 6) is 0. The molecular weight excluding hydrogens is 276 g/mol. The Kier molecular flexibility index (Phi) is 7.21. The quantitative estimate of drug-likeness (QED) is 0.690. The third-order valence-electron chi connectivity index (χ3n) is 3.29. The number of likely N-dealkylation sites (tertiary alicyclic amines) is 1. The second-order valence-corrected chi connectivity index (χ2v) is 5.91. The number of nitrogens with one attached hydrogen (secondary N) is 1. The summed E-state index contributed by atoms with van der Waals surface area (Å²) in [7, 11) is 1.70. The molecular formula is C13H24N4O2S. The van der Waals surface area contributed by atoms with Gasteiger partial charge in [-0.05, 0) is 25.9 Å². The molecule has 1 N–H and O–H groups in total. The van der Waals surface area contributed by atoms with E-state index in [2.05, 4.69) is 20.4 Å². The van der Waals surface area contributed by atoms with E-state index < -0.39 is 0 Å². The third-order valence-corrected chi connectivity index (χ3v) is 4.12. The van der Waals surface area contributed by atoms with Crippen LogP contribution in [0.25, 0.3) is 0 Å². The largest absolute Gasteiger partial charge is 0.468 e. The lowest BCUT2D eigenvalue weighted by Crippen LogP contribution is -2.33. The highest BCUT2D eigenvalue weighted by Gasteiger charge is 2.10. The lowest BCUT2D eigenvalue weighted by Gasteiger charge is -2.25. The summed E-state index contributed by atoms with van der Waals surface area (Å²) in [6.07, 6.45) is 4.00. The van der Waals surface area contributed by atoms with Crippen molar-refractivity contribution in [3.05, 3.63) is 5.01 Å². The Labute approximate surface area is 124 Å². The number of ether oxygens (including phenoxy) is 2. The van der Waals surface area contributed by atoms with Crippen LogP contribution in [-0.2, 0) is 11.3 Å². The molecule has 0 bridgehead atoms. The van der Waals surface area contributed by atoms with E-state index in [1.54, 1.807) is 7.11 Å². The van der Waals surface area contributed by atoms with Crippen molar-refractivity contribution in [3.8, 4) is 5.19 Å². The highest BCUT2D eigenvalue weighted by molar-refractivity contribution is 7.13. The zero-order valence-corrected chi connectivity index (χ0v) is 13.0. The zero-order valence-electron chi connectivity index (χ0n) is 12.1. The van der Waals surface area contributed by atoms with E-state index in [9.17, 15) is 0 Å². The van der Waals surface area contributed by atoms with Gasteiger partial charge in [0, 0.05) is 26.7 Å². The third kappa shape index (κ3) is 5.70. The Hall–Kier alpha value is -0.760. The summed E-state index contributed by atoms with van der Waals surface area (Å²) in [5, 5.41) is 13.0. The normalized spacial score (nSPS) is 16.4. The maximum absolute atomic E-state index is 5.67. The van der Waals surface area contributed by atoms with Crippen molar-refractivity contribution in [1.29, 1.82) is 0 Å². The van der Waals surface area contributed by atoms with Crippen LogP contribution in [0.15, 0.2) is 0 Å². The van der Waals surface area contributed by atoms with Crippen LogP contribution >= 0.6 is 11.3 Å². The van der Waals surface area contributed by atoms with Gasteiger partial charge in [0.1, 0.15) is 11.6 Å². The van der Waals surface area contributed by atoms with Gasteiger partial charge in [-0.25, -0.2) is 0 Å². The van der Waals surface area contributed by atoms with Gasteiger partial charge < -0.3 is 14.8 Å². The predicted octanol–water partition coefficient (Wildman–Crippen LogP) is 1.14. The van der Waals surface area contributed by atoms with Crippen LogP contribution in [0.1, 0.15) is 24.3 Å². The van der Waals surface area contributed by atoms with E-state index >= 15 is 0 Å². The molecule has 20 heavy (non-hydrogen) atoms. The van der Waals surface area contributed by atoms with Crippen LogP contribution in [0.3, 0.4) is 0 Å². The SMILES string of the molecule is COCCNCc1nnc(OCCN2CCCCC2)s1. The maximum Gasteiger partial charge on any atom is 0.294 e. The molecule has 114 valence electrons. The number of methoxy groups -OCH3 is 1. The van der Waals surface area contributed by atoms with Crippen LogP contribution in [0.4, 0.5) is 0 Å². The molecule has 6 nitrogen and oxygen atoms in total. The molecule has 0 spiro atoms. The minimum Gasteiger partial charge on any atom is -0.468 e. The summed E-state index contributed by atoms with van der Waals surface area (Å²) in [6.45, 7) is 6.34. The van der Waals surface area contributed by atoms with E-state index in [4.69, 9.17) is 9.47 Å². The van der Waals surface area contributed by atoms with Gasteiger partial charge in [-0.3, -0.25) is 4.90 Å². The number of aromatic nitrogens is 2. The molecule has 0 amide bonds. The molecule has 7 heteroatoms. The molecule has 0 aromatic carbocycles. The smallest absolute Gasteiger partial charge is 0.294 e. The lowest BCUT2D eigenvalue weighted by atomic mass is 10.1. The van der Waals surface area contributed by atoms with E-state index in [0.29, 0.717) is 18.4 Å². The number of nitrogens with zero attached hydrogens (tertiary/aromatic N) is 3. The number of rotatable bonds is 9. The van der Waals surface area contributed by atoms with Gasteiger partial charge in [-0.1, -0.05) is 17.8 Å². The van der Waals surface area contributed by atoms with Gasteiger partial charge in [-0.2, -0.15) is 0 Å². The molecule has 0 atom stereocenters. The first-order valence-corrected chi connectivity index (χ1v) is 8.07. The number of hydrogen-bond acceptors (Lipinski definition) is 7. The number of piperidine rings is 1. The summed E-state index contributed by atoms with van der Waals surface area (Å²) >= 11 is 1.51. The van der Waals surface area contributed by atoms with Crippen LogP contribution in [0.2, 0.25) is 0 Å². The second-order valence-electron chi connectivity index (χ2n) is 4.88. The van der Waals surface area contributed by atoms with Crippen LogP contribution in [0.5, 0.6) is 5.19 Å². The monoisotopic (exact) mass is 300 g/mol. The van der Waals surface area contributed by atoms with Gasteiger partial charge in [0.25, 0.3) is 5.19 Å². The molecule has 0 radical (unpaired) electrons. The summed E-state index contributed by atoms with van der Waals surface area (Å²) < 4.78 is 10.6. The highest BCUT2D eigenvalue weighted by Crippen LogP contribution is 2.17. The van der Waals surface area contributed by atoms with Crippen LogP contribution < -0.4 is 10.1 Å². The average Bonchev–Trinajstić information content (AvgIpc) is 2.93. The summed E-state index contributed by atoms with van der Waals surface area (Å²) in [5.41, 5.74) is 0. The van der Waals surface area contributed by atoms with E-state index in [1.807, 2.05) is 0 Å². The van der Waals surface area contributed by atoms with Gasteiger partial charge in [-0.15, -0.1) is 10.2 Å². The molecule has 1 aromatic heterocycles. The van der Waals surface area contributed by atoms with Gasteiger partial charge in [0.05, 0.1) is 6.61 Å². The fraction of sp³-hybridized carbons (Fsp3) is 0.846. The van der Waals surface area contributed by atoms with Crippen LogP contribution in [-0.4, -0.2) is 61.6 Å². The Bertz CT molecular complexity index is 369. The fourth-order valence-corrected chi connectivity index (χ4v) is 2.86. The van der Waals surface area contributed by atoms with E-state index in [-0.39, 0.29) is 0 Å². The second kappa shape index (κ2) is 9.23. The zero-order chi connectivity index (χ0) is 14.0. The molecule has 0 aliphatic carbocycles. The number of hydrogen-bond donors (Lipinski definition) is 1. The molecule has 2 heterocycles. The van der Waals surface area contributed by atoms with Crippen LogP contribution in [0, 0.1) is 0 Å². The summed E-state index contributed by atoms with van der Waals surface area (Å²) in [4.78, 5) is 2.46. The average molecular weight is 300 g/mol. The van der Waals surface area contributed by atoms with Crippen molar-refractivity contribution >= 4 is 11.3 Å². The van der Waals surface area contributed by atoms with Crippen molar-refractivity contribution in [3.63, 3.8) is 0 Å². The van der Waals surface area contributed by atoms with Gasteiger partial charge >= 0.3 is 0 Å². The fourth-order valence-electron chi connectivity index (χ4n) is 2.18. The van der Waals surface area contributed by atoms with Crippen molar-refractivity contribution in [2.45, 2.75) is 25.8 Å².